The molecule has 53 valence electrons. The molecule has 3 radical (unpaired) electrons. The summed E-state index contributed by atoms with van der Waals surface area (Å²) in [6, 6.07) is 0. The van der Waals surface area contributed by atoms with Crippen molar-refractivity contribution in [3.63, 3.8) is 0 Å². The van der Waals surface area contributed by atoms with Crippen LogP contribution in [-0.2, 0) is 14.2 Å². The standard InChI is InChI=1S/C5H11GeO3/c1-7-5(4-6,8-2)9-3/h4H2,1-3H3. The predicted octanol–water partition coefficient (Wildman–Crippen LogP) is 0.166. The van der Waals surface area contributed by atoms with Gasteiger partial charge in [-0.15, -0.1) is 0 Å². The first-order valence-corrected chi connectivity index (χ1v) is 4.03. The van der Waals surface area contributed by atoms with Crippen molar-refractivity contribution in [1.29, 1.82) is 0 Å². The molecule has 0 bridgehead atoms. The quantitative estimate of drug-likeness (QED) is 0.469. The van der Waals surface area contributed by atoms with Gasteiger partial charge in [0.1, 0.15) is 0 Å². The SMILES string of the molecule is COC([CH2][Ge])(OC)OC. The Labute approximate surface area is 63.9 Å². The molecule has 0 spiro atoms. The minimum atomic E-state index is -0.833. The molecule has 0 aliphatic rings. The fourth-order valence-electron chi connectivity index (χ4n) is 0.467. The Morgan fingerprint density at radius 1 is 1.11 bits per heavy atom. The summed E-state index contributed by atoms with van der Waals surface area (Å²) in [6.45, 7) is 0. The van der Waals surface area contributed by atoms with Crippen molar-refractivity contribution in [2.75, 3.05) is 21.3 Å². The molecule has 0 saturated heterocycles. The first-order valence-electron chi connectivity index (χ1n) is 2.54. The number of methoxy groups -OCH3 is 3. The van der Waals surface area contributed by atoms with Crippen LogP contribution >= 0.6 is 0 Å². The molecule has 0 atom stereocenters. The number of hydrogen-bond donors (Lipinski definition) is 0. The predicted molar refractivity (Wildman–Crippen MR) is 34.3 cm³/mol. The maximum absolute atomic E-state index is 4.94. The second-order valence-electron chi connectivity index (χ2n) is 1.47. The topological polar surface area (TPSA) is 27.7 Å². The zero-order valence-electron chi connectivity index (χ0n) is 5.93. The van der Waals surface area contributed by atoms with Crippen LogP contribution < -0.4 is 0 Å². The van der Waals surface area contributed by atoms with Crippen LogP contribution in [0.1, 0.15) is 0 Å². The molecule has 0 fully saturated rings. The van der Waals surface area contributed by atoms with Crippen LogP contribution in [0.25, 0.3) is 0 Å². The van der Waals surface area contributed by atoms with Crippen LogP contribution in [0.3, 0.4) is 0 Å². The Morgan fingerprint density at radius 3 is 1.44 bits per heavy atom. The molecular formula is C5H11GeO3. The van der Waals surface area contributed by atoms with E-state index < -0.39 is 5.97 Å². The third kappa shape index (κ3) is 2.25. The van der Waals surface area contributed by atoms with E-state index in [2.05, 4.69) is 0 Å². The summed E-state index contributed by atoms with van der Waals surface area (Å²) >= 11 is 1.93. The summed E-state index contributed by atoms with van der Waals surface area (Å²) < 4.78 is 14.8. The fraction of sp³-hybridized carbons (Fsp3) is 1.00. The molecule has 0 amide bonds. The Kier molecular flexibility index (Phi) is 4.47. The van der Waals surface area contributed by atoms with Gasteiger partial charge < -0.3 is 0 Å². The third-order valence-corrected chi connectivity index (χ3v) is 2.06. The van der Waals surface area contributed by atoms with Gasteiger partial charge in [-0.25, -0.2) is 0 Å². The molecular weight excluding hydrogens is 181 g/mol. The average Bonchev–Trinajstić information content (AvgIpc) is 1.95. The Bertz CT molecular complexity index is 55.1. The molecule has 0 heterocycles. The van der Waals surface area contributed by atoms with Gasteiger partial charge in [-0.1, -0.05) is 0 Å². The second kappa shape index (κ2) is 4.27. The summed E-state index contributed by atoms with van der Waals surface area (Å²) in [7, 11) is 4.66. The molecule has 0 saturated carbocycles. The van der Waals surface area contributed by atoms with Crippen molar-refractivity contribution in [3.05, 3.63) is 0 Å². The molecule has 0 aromatic rings. The molecule has 0 aromatic carbocycles. The van der Waals surface area contributed by atoms with Gasteiger partial charge in [0, 0.05) is 0 Å². The Morgan fingerprint density at radius 2 is 1.44 bits per heavy atom. The van der Waals surface area contributed by atoms with Crippen LogP contribution in [0.5, 0.6) is 0 Å². The van der Waals surface area contributed by atoms with Gasteiger partial charge in [0.25, 0.3) is 0 Å². The number of hydrogen-bond acceptors (Lipinski definition) is 3. The average molecular weight is 192 g/mol. The van der Waals surface area contributed by atoms with Crippen LogP contribution in [0, 0.1) is 0 Å². The molecule has 0 unspecified atom stereocenters. The minimum absolute atomic E-state index is 0.677. The van der Waals surface area contributed by atoms with Gasteiger partial charge in [0.05, 0.1) is 0 Å². The van der Waals surface area contributed by atoms with Crippen LogP contribution in [-0.4, -0.2) is 43.8 Å². The van der Waals surface area contributed by atoms with Crippen LogP contribution in [0.15, 0.2) is 0 Å². The van der Waals surface area contributed by atoms with E-state index in [1.54, 1.807) is 21.3 Å². The van der Waals surface area contributed by atoms with Gasteiger partial charge in [0.2, 0.25) is 0 Å². The molecule has 4 heteroatoms. The normalized spacial score (nSPS) is 12.0. The summed E-state index contributed by atoms with van der Waals surface area (Å²) in [4.78, 5) is 0. The number of rotatable bonds is 4. The van der Waals surface area contributed by atoms with Crippen LogP contribution in [0.4, 0.5) is 0 Å². The van der Waals surface area contributed by atoms with E-state index >= 15 is 0 Å². The number of ether oxygens (including phenoxy) is 3. The van der Waals surface area contributed by atoms with E-state index in [9.17, 15) is 0 Å². The summed E-state index contributed by atoms with van der Waals surface area (Å²) in [5.41, 5.74) is 0. The van der Waals surface area contributed by atoms with Crippen molar-refractivity contribution in [2.45, 2.75) is 11.2 Å². The molecule has 0 aliphatic heterocycles. The zero-order chi connectivity index (χ0) is 7.33. The van der Waals surface area contributed by atoms with Gasteiger partial charge >= 0.3 is 63.3 Å². The third-order valence-electron chi connectivity index (χ3n) is 1.15. The van der Waals surface area contributed by atoms with Crippen molar-refractivity contribution in [2.24, 2.45) is 0 Å². The molecule has 0 N–H and O–H groups in total. The second-order valence-corrected chi connectivity index (χ2v) is 2.21. The summed E-state index contributed by atoms with van der Waals surface area (Å²) in [5, 5.41) is 0.677. The van der Waals surface area contributed by atoms with Crippen molar-refractivity contribution in [1.82, 2.24) is 0 Å². The van der Waals surface area contributed by atoms with Gasteiger partial charge in [-0.3, -0.25) is 0 Å². The van der Waals surface area contributed by atoms with Crippen molar-refractivity contribution < 1.29 is 14.2 Å². The van der Waals surface area contributed by atoms with Crippen molar-refractivity contribution in [3.8, 4) is 0 Å². The maximum atomic E-state index is 4.94. The first kappa shape index (κ1) is 9.42. The van der Waals surface area contributed by atoms with E-state index in [0.717, 1.165) is 0 Å². The van der Waals surface area contributed by atoms with E-state index in [-0.39, 0.29) is 0 Å². The van der Waals surface area contributed by atoms with Gasteiger partial charge in [-0.05, 0) is 0 Å². The molecule has 0 aliphatic carbocycles. The molecule has 3 nitrogen and oxygen atoms in total. The molecule has 0 aromatic heterocycles. The summed E-state index contributed by atoms with van der Waals surface area (Å²) in [6.07, 6.45) is 0. The van der Waals surface area contributed by atoms with E-state index in [1.165, 1.54) is 0 Å². The molecule has 0 rings (SSSR count). The Hall–Kier alpha value is 0.423. The van der Waals surface area contributed by atoms with E-state index in [4.69, 9.17) is 14.2 Å². The van der Waals surface area contributed by atoms with Crippen molar-refractivity contribution >= 4 is 16.5 Å². The van der Waals surface area contributed by atoms with E-state index in [0.29, 0.717) is 5.25 Å². The van der Waals surface area contributed by atoms with Crippen LogP contribution in [0.2, 0.25) is 5.25 Å². The fourth-order valence-corrected chi connectivity index (χ4v) is 1.38. The summed E-state index contributed by atoms with van der Waals surface area (Å²) in [5.74, 6) is -0.833. The monoisotopic (exact) mass is 193 g/mol. The van der Waals surface area contributed by atoms with E-state index in [1.807, 2.05) is 16.5 Å². The zero-order valence-corrected chi connectivity index (χ0v) is 8.03. The van der Waals surface area contributed by atoms with Gasteiger partial charge in [0.15, 0.2) is 0 Å². The van der Waals surface area contributed by atoms with Gasteiger partial charge in [-0.2, -0.15) is 0 Å². The Balaban J connectivity index is 3.82. The molecule has 9 heavy (non-hydrogen) atoms. The first-order chi connectivity index (χ1) is 4.24.